The Labute approximate surface area is 97.8 Å². The molecule has 0 aromatic carbocycles. The van der Waals surface area contributed by atoms with Crippen LogP contribution in [0.4, 0.5) is 0 Å². The molecule has 1 atom stereocenters. The molecule has 16 heavy (non-hydrogen) atoms. The third-order valence-electron chi connectivity index (χ3n) is 3.98. The molecular formula is C13H23NO2. The lowest BCUT2D eigenvalue weighted by Crippen LogP contribution is -2.42. The summed E-state index contributed by atoms with van der Waals surface area (Å²) in [6, 6.07) is 0. The van der Waals surface area contributed by atoms with E-state index in [0.29, 0.717) is 13.0 Å². The first-order chi connectivity index (χ1) is 7.75. The molecule has 0 aromatic rings. The maximum Gasteiger partial charge on any atom is 0.222 e. The largest absolute Gasteiger partial charge is 0.391 e. The number of nitrogens with zero attached hydrogens (tertiary/aromatic N) is 1. The first-order valence-corrected chi connectivity index (χ1v) is 6.71. The van der Waals surface area contributed by atoms with Crippen LogP contribution in [0.5, 0.6) is 0 Å². The van der Waals surface area contributed by atoms with Crippen molar-refractivity contribution in [3.63, 3.8) is 0 Å². The van der Waals surface area contributed by atoms with Gasteiger partial charge < -0.3 is 10.0 Å². The molecule has 1 aliphatic heterocycles. The number of hydrogen-bond donors (Lipinski definition) is 1. The molecule has 3 nitrogen and oxygen atoms in total. The lowest BCUT2D eigenvalue weighted by molar-refractivity contribution is -0.134. The number of rotatable bonds is 4. The monoisotopic (exact) mass is 225 g/mol. The van der Waals surface area contributed by atoms with Crippen LogP contribution in [-0.4, -0.2) is 35.1 Å². The van der Waals surface area contributed by atoms with Gasteiger partial charge in [0.2, 0.25) is 5.91 Å². The first-order valence-electron chi connectivity index (χ1n) is 6.71. The number of piperidine rings is 1. The Morgan fingerprint density at radius 2 is 2.06 bits per heavy atom. The zero-order chi connectivity index (χ0) is 11.4. The summed E-state index contributed by atoms with van der Waals surface area (Å²) in [5, 5.41) is 9.50. The van der Waals surface area contributed by atoms with Gasteiger partial charge in [0.15, 0.2) is 0 Å². The smallest absolute Gasteiger partial charge is 0.222 e. The maximum absolute atomic E-state index is 11.8. The third kappa shape index (κ3) is 3.21. The molecule has 0 aromatic heterocycles. The lowest BCUT2D eigenvalue weighted by atomic mass is 9.82. The van der Waals surface area contributed by atoms with Crippen LogP contribution in [-0.2, 0) is 4.79 Å². The van der Waals surface area contributed by atoms with Crippen LogP contribution >= 0.6 is 0 Å². The van der Waals surface area contributed by atoms with E-state index in [4.69, 9.17) is 0 Å². The minimum absolute atomic E-state index is 0.248. The number of carbonyl (C=O) groups excluding carboxylic acids is 1. The molecule has 1 saturated carbocycles. The van der Waals surface area contributed by atoms with Gasteiger partial charge in [-0.05, 0) is 31.6 Å². The fraction of sp³-hybridized carbons (Fsp3) is 0.923. The maximum atomic E-state index is 11.8. The van der Waals surface area contributed by atoms with Gasteiger partial charge in [0.1, 0.15) is 0 Å². The first kappa shape index (κ1) is 11.9. The van der Waals surface area contributed by atoms with Gasteiger partial charge >= 0.3 is 0 Å². The number of aliphatic hydroxyl groups is 1. The van der Waals surface area contributed by atoms with Crippen LogP contribution in [0.25, 0.3) is 0 Å². The van der Waals surface area contributed by atoms with Gasteiger partial charge in [-0.3, -0.25) is 4.79 Å². The van der Waals surface area contributed by atoms with E-state index in [-0.39, 0.29) is 12.0 Å². The SMILES string of the molecule is O=C(CCCC1CCC1)N1CCCC(O)C1. The van der Waals surface area contributed by atoms with Crippen LogP contribution in [0, 0.1) is 5.92 Å². The molecule has 92 valence electrons. The Balaban J connectivity index is 1.62. The quantitative estimate of drug-likeness (QED) is 0.794. The molecule has 2 fully saturated rings. The number of amides is 1. The number of hydrogen-bond acceptors (Lipinski definition) is 2. The van der Waals surface area contributed by atoms with Crippen molar-refractivity contribution in [1.82, 2.24) is 4.90 Å². The number of likely N-dealkylation sites (tertiary alicyclic amines) is 1. The molecule has 2 rings (SSSR count). The van der Waals surface area contributed by atoms with Crippen LogP contribution in [0.2, 0.25) is 0 Å². The molecule has 1 aliphatic carbocycles. The molecule has 0 spiro atoms. The minimum Gasteiger partial charge on any atom is -0.391 e. The zero-order valence-electron chi connectivity index (χ0n) is 10.0. The molecule has 0 bridgehead atoms. The average molecular weight is 225 g/mol. The molecule has 1 N–H and O–H groups in total. The van der Waals surface area contributed by atoms with Gasteiger partial charge in [-0.1, -0.05) is 19.3 Å². The summed E-state index contributed by atoms with van der Waals surface area (Å²) < 4.78 is 0. The van der Waals surface area contributed by atoms with Crippen molar-refractivity contribution in [2.75, 3.05) is 13.1 Å². The molecule has 2 aliphatic rings. The van der Waals surface area contributed by atoms with Crippen molar-refractivity contribution in [2.45, 2.75) is 57.5 Å². The van der Waals surface area contributed by atoms with Gasteiger partial charge in [-0.2, -0.15) is 0 Å². The van der Waals surface area contributed by atoms with Crippen molar-refractivity contribution in [3.05, 3.63) is 0 Å². The van der Waals surface area contributed by atoms with Gasteiger partial charge in [0.05, 0.1) is 6.10 Å². The zero-order valence-corrected chi connectivity index (χ0v) is 10.0. The lowest BCUT2D eigenvalue weighted by Gasteiger charge is -2.30. The highest BCUT2D eigenvalue weighted by Gasteiger charge is 2.22. The summed E-state index contributed by atoms with van der Waals surface area (Å²) in [6.07, 6.45) is 8.59. The number of aliphatic hydroxyl groups excluding tert-OH is 1. The second-order valence-corrected chi connectivity index (χ2v) is 5.32. The topological polar surface area (TPSA) is 40.5 Å². The van der Waals surface area contributed by atoms with Crippen molar-refractivity contribution in [3.8, 4) is 0 Å². The standard InChI is InChI=1S/C13H23NO2/c15-12-7-3-9-14(10-12)13(16)8-2-6-11-4-1-5-11/h11-12,15H,1-10H2. The van der Waals surface area contributed by atoms with Crippen LogP contribution < -0.4 is 0 Å². The second kappa shape index (κ2) is 5.67. The molecule has 1 saturated heterocycles. The average Bonchev–Trinajstić information content (AvgIpc) is 2.21. The van der Waals surface area contributed by atoms with Crippen molar-refractivity contribution in [1.29, 1.82) is 0 Å². The fourth-order valence-electron chi connectivity index (χ4n) is 2.66. The van der Waals surface area contributed by atoms with E-state index in [1.165, 1.54) is 25.7 Å². The summed E-state index contributed by atoms with van der Waals surface area (Å²) in [5.41, 5.74) is 0. The van der Waals surface area contributed by atoms with E-state index in [9.17, 15) is 9.90 Å². The Kier molecular flexibility index (Phi) is 4.22. The molecule has 1 heterocycles. The van der Waals surface area contributed by atoms with Crippen LogP contribution in [0.3, 0.4) is 0 Å². The number of β-amino-alcohol motifs (C(OH)–C–C–N with tert-alkyl or cyclic N) is 1. The van der Waals surface area contributed by atoms with E-state index in [1.54, 1.807) is 0 Å². The van der Waals surface area contributed by atoms with E-state index in [2.05, 4.69) is 0 Å². The van der Waals surface area contributed by atoms with Crippen LogP contribution in [0.15, 0.2) is 0 Å². The number of carbonyl (C=O) groups is 1. The summed E-state index contributed by atoms with van der Waals surface area (Å²) in [4.78, 5) is 13.7. The van der Waals surface area contributed by atoms with Gasteiger partial charge in [-0.15, -0.1) is 0 Å². The highest BCUT2D eigenvalue weighted by molar-refractivity contribution is 5.76. The Morgan fingerprint density at radius 3 is 2.69 bits per heavy atom. The summed E-state index contributed by atoms with van der Waals surface area (Å²) in [5.74, 6) is 1.15. The normalized spacial score (nSPS) is 26.6. The highest BCUT2D eigenvalue weighted by Crippen LogP contribution is 2.30. The van der Waals surface area contributed by atoms with E-state index < -0.39 is 0 Å². The minimum atomic E-state index is -0.288. The summed E-state index contributed by atoms with van der Waals surface area (Å²) in [6.45, 7) is 1.40. The Bertz CT molecular complexity index is 238. The molecule has 3 heteroatoms. The van der Waals surface area contributed by atoms with E-state index in [1.807, 2.05) is 4.90 Å². The molecule has 1 amide bonds. The van der Waals surface area contributed by atoms with Gasteiger partial charge in [0, 0.05) is 19.5 Å². The molecular weight excluding hydrogens is 202 g/mol. The van der Waals surface area contributed by atoms with E-state index in [0.717, 1.165) is 31.7 Å². The van der Waals surface area contributed by atoms with Crippen LogP contribution in [0.1, 0.15) is 51.4 Å². The predicted octanol–water partition coefficient (Wildman–Crippen LogP) is 1.94. The third-order valence-corrected chi connectivity index (χ3v) is 3.98. The second-order valence-electron chi connectivity index (χ2n) is 5.32. The van der Waals surface area contributed by atoms with Crippen molar-refractivity contribution >= 4 is 5.91 Å². The van der Waals surface area contributed by atoms with E-state index >= 15 is 0 Å². The fourth-order valence-corrected chi connectivity index (χ4v) is 2.66. The predicted molar refractivity (Wildman–Crippen MR) is 63.0 cm³/mol. The summed E-state index contributed by atoms with van der Waals surface area (Å²) >= 11 is 0. The Morgan fingerprint density at radius 1 is 1.25 bits per heavy atom. The van der Waals surface area contributed by atoms with Gasteiger partial charge in [-0.25, -0.2) is 0 Å². The molecule has 1 unspecified atom stereocenters. The summed E-state index contributed by atoms with van der Waals surface area (Å²) in [7, 11) is 0. The molecule has 0 radical (unpaired) electrons. The highest BCUT2D eigenvalue weighted by atomic mass is 16.3. The van der Waals surface area contributed by atoms with Crippen molar-refractivity contribution < 1.29 is 9.90 Å². The Hall–Kier alpha value is -0.570. The van der Waals surface area contributed by atoms with Gasteiger partial charge in [0.25, 0.3) is 0 Å². The van der Waals surface area contributed by atoms with Crippen molar-refractivity contribution in [2.24, 2.45) is 5.92 Å².